The second-order valence-electron chi connectivity index (χ2n) is 8.59. The summed E-state index contributed by atoms with van der Waals surface area (Å²) in [6.45, 7) is 5.95. The van der Waals surface area contributed by atoms with Gasteiger partial charge < -0.3 is 19.9 Å². The van der Waals surface area contributed by atoms with Crippen molar-refractivity contribution in [2.75, 3.05) is 40.3 Å². The fraction of sp³-hybridized carbons (Fsp3) is 0.682. The maximum Gasteiger partial charge on any atom is 0.251 e. The second-order valence-corrected chi connectivity index (χ2v) is 8.99. The number of nitrogens with one attached hydrogen (secondary N) is 1. The second kappa shape index (κ2) is 9.95. The van der Waals surface area contributed by atoms with Gasteiger partial charge in [0.2, 0.25) is 0 Å². The van der Waals surface area contributed by atoms with Gasteiger partial charge in [-0.15, -0.1) is 0 Å². The van der Waals surface area contributed by atoms with E-state index in [1.807, 2.05) is 25.1 Å². The highest BCUT2D eigenvalue weighted by Crippen LogP contribution is 2.35. The average Bonchev–Trinajstić information content (AvgIpc) is 3.47. The molecule has 1 atom stereocenters. The Balaban J connectivity index is 1.46. The van der Waals surface area contributed by atoms with Crippen LogP contribution in [0.2, 0.25) is 5.02 Å². The Morgan fingerprint density at radius 3 is 2.61 bits per heavy atom. The monoisotopic (exact) mass is 407 g/mol. The molecule has 1 N–H and O–H groups in total. The Kier molecular flexibility index (Phi) is 7.61. The largest absolute Gasteiger partial charge is 0.489 e. The van der Waals surface area contributed by atoms with Crippen LogP contribution in [-0.4, -0.2) is 68.1 Å². The SMILES string of the molecule is C[C@H](CC1CC1)N1CCC(Oc2ccc(C(=O)NCCN(C)C)cc2Cl)CC1. The molecule has 1 aromatic carbocycles. The van der Waals surface area contributed by atoms with Crippen molar-refractivity contribution >= 4 is 17.5 Å². The van der Waals surface area contributed by atoms with Crippen molar-refractivity contribution in [1.29, 1.82) is 0 Å². The van der Waals surface area contributed by atoms with Crippen LogP contribution in [-0.2, 0) is 0 Å². The Hall–Kier alpha value is -1.30. The third-order valence-corrected chi connectivity index (χ3v) is 6.10. The molecule has 156 valence electrons. The van der Waals surface area contributed by atoms with Crippen molar-refractivity contribution in [3.05, 3.63) is 28.8 Å². The summed E-state index contributed by atoms with van der Waals surface area (Å²) >= 11 is 6.40. The molecular weight excluding hydrogens is 374 g/mol. The maximum absolute atomic E-state index is 12.2. The lowest BCUT2D eigenvalue weighted by atomic mass is 10.0. The van der Waals surface area contributed by atoms with Gasteiger partial charge in [0.15, 0.2) is 0 Å². The first-order valence-electron chi connectivity index (χ1n) is 10.6. The topological polar surface area (TPSA) is 44.8 Å². The molecule has 1 amide bonds. The molecular formula is C22H34ClN3O2. The number of carbonyl (C=O) groups excluding carboxylic acids is 1. The molecule has 0 spiro atoms. The van der Waals surface area contributed by atoms with E-state index in [0.717, 1.165) is 38.4 Å². The maximum atomic E-state index is 12.2. The van der Waals surface area contributed by atoms with Gasteiger partial charge in [-0.1, -0.05) is 24.4 Å². The molecule has 28 heavy (non-hydrogen) atoms. The molecule has 0 aromatic heterocycles. The van der Waals surface area contributed by atoms with Crippen LogP contribution >= 0.6 is 11.6 Å². The highest BCUT2D eigenvalue weighted by Gasteiger charge is 2.29. The van der Waals surface area contributed by atoms with Crippen LogP contribution in [0, 0.1) is 5.92 Å². The summed E-state index contributed by atoms with van der Waals surface area (Å²) in [6, 6.07) is 6.00. The van der Waals surface area contributed by atoms with E-state index in [1.54, 1.807) is 12.1 Å². The first-order valence-corrected chi connectivity index (χ1v) is 10.9. The molecule has 2 fully saturated rings. The Morgan fingerprint density at radius 1 is 1.29 bits per heavy atom. The number of hydrogen-bond donors (Lipinski definition) is 1. The number of likely N-dealkylation sites (tertiary alicyclic amines) is 1. The lowest BCUT2D eigenvalue weighted by molar-refractivity contribution is 0.0760. The van der Waals surface area contributed by atoms with Gasteiger partial charge >= 0.3 is 0 Å². The number of halogens is 1. The zero-order valence-corrected chi connectivity index (χ0v) is 18.2. The number of amides is 1. The molecule has 3 rings (SSSR count). The van der Waals surface area contributed by atoms with E-state index in [0.29, 0.717) is 28.9 Å². The van der Waals surface area contributed by atoms with Crippen molar-refractivity contribution in [2.45, 2.75) is 51.2 Å². The number of rotatable bonds is 9. The molecule has 1 saturated heterocycles. The fourth-order valence-electron chi connectivity index (χ4n) is 3.83. The number of likely N-dealkylation sites (N-methyl/N-ethyl adjacent to an activating group) is 1. The van der Waals surface area contributed by atoms with E-state index in [2.05, 4.69) is 17.1 Å². The van der Waals surface area contributed by atoms with Crippen molar-refractivity contribution in [2.24, 2.45) is 5.92 Å². The number of ether oxygens (including phenoxy) is 1. The van der Waals surface area contributed by atoms with Gasteiger partial charge in [-0.3, -0.25) is 4.79 Å². The van der Waals surface area contributed by atoms with E-state index in [1.165, 1.54) is 19.3 Å². The van der Waals surface area contributed by atoms with Crippen LogP contribution in [0.25, 0.3) is 0 Å². The van der Waals surface area contributed by atoms with Crippen LogP contribution < -0.4 is 10.1 Å². The third kappa shape index (κ3) is 6.36. The van der Waals surface area contributed by atoms with Crippen molar-refractivity contribution in [1.82, 2.24) is 15.1 Å². The van der Waals surface area contributed by atoms with Gasteiger partial charge in [0.25, 0.3) is 5.91 Å². The molecule has 6 heteroatoms. The smallest absolute Gasteiger partial charge is 0.251 e. The lowest BCUT2D eigenvalue weighted by Crippen LogP contribution is -2.43. The van der Waals surface area contributed by atoms with Gasteiger partial charge in [0.1, 0.15) is 11.9 Å². The molecule has 0 bridgehead atoms. The zero-order valence-electron chi connectivity index (χ0n) is 17.4. The number of hydrogen-bond acceptors (Lipinski definition) is 4. The minimum atomic E-state index is -0.103. The summed E-state index contributed by atoms with van der Waals surface area (Å²) in [4.78, 5) is 16.9. The molecule has 1 saturated carbocycles. The van der Waals surface area contributed by atoms with Crippen LogP contribution in [0.15, 0.2) is 18.2 Å². The average molecular weight is 408 g/mol. The molecule has 2 aliphatic rings. The van der Waals surface area contributed by atoms with E-state index in [9.17, 15) is 4.79 Å². The van der Waals surface area contributed by atoms with Crippen molar-refractivity contribution < 1.29 is 9.53 Å². The fourth-order valence-corrected chi connectivity index (χ4v) is 4.06. The van der Waals surface area contributed by atoms with Crippen molar-refractivity contribution in [3.63, 3.8) is 0 Å². The molecule has 1 heterocycles. The summed E-state index contributed by atoms with van der Waals surface area (Å²) in [5.41, 5.74) is 0.569. The quantitative estimate of drug-likeness (QED) is 0.678. The Labute approximate surface area is 174 Å². The molecule has 5 nitrogen and oxygen atoms in total. The van der Waals surface area contributed by atoms with Crippen LogP contribution in [0.4, 0.5) is 0 Å². The minimum Gasteiger partial charge on any atom is -0.489 e. The number of benzene rings is 1. The Bertz CT molecular complexity index is 655. The lowest BCUT2D eigenvalue weighted by Gasteiger charge is -2.36. The Morgan fingerprint density at radius 2 is 2.00 bits per heavy atom. The zero-order chi connectivity index (χ0) is 20.1. The molecule has 1 aliphatic heterocycles. The summed E-state index contributed by atoms with van der Waals surface area (Å²) in [5.74, 6) is 1.55. The van der Waals surface area contributed by atoms with Gasteiger partial charge in [0.05, 0.1) is 5.02 Å². The van der Waals surface area contributed by atoms with Gasteiger partial charge in [-0.25, -0.2) is 0 Å². The molecule has 0 radical (unpaired) electrons. The molecule has 1 aliphatic carbocycles. The van der Waals surface area contributed by atoms with Crippen LogP contribution in [0.5, 0.6) is 5.75 Å². The summed E-state index contributed by atoms with van der Waals surface area (Å²) < 4.78 is 6.16. The minimum absolute atomic E-state index is 0.103. The van der Waals surface area contributed by atoms with Gasteiger partial charge in [0, 0.05) is 37.8 Å². The summed E-state index contributed by atoms with van der Waals surface area (Å²) in [6.07, 6.45) is 6.44. The third-order valence-electron chi connectivity index (χ3n) is 5.80. The first kappa shape index (κ1) is 21.4. The van der Waals surface area contributed by atoms with Crippen LogP contribution in [0.1, 0.15) is 49.4 Å². The predicted octanol–water partition coefficient (Wildman–Crippen LogP) is 3.66. The number of nitrogens with zero attached hydrogens (tertiary/aromatic N) is 2. The standard InChI is InChI=1S/C22H34ClN3O2/c1-16(14-17-4-5-17)26-11-8-19(9-12-26)28-21-7-6-18(15-20(21)23)22(27)24-10-13-25(2)3/h6-7,15-17,19H,4-5,8-14H2,1-3H3,(H,24,27)/t16-/m1/s1. The summed E-state index contributed by atoms with van der Waals surface area (Å²) in [7, 11) is 3.96. The van der Waals surface area contributed by atoms with Gasteiger partial charge in [-0.2, -0.15) is 0 Å². The highest BCUT2D eigenvalue weighted by atomic mass is 35.5. The van der Waals surface area contributed by atoms with E-state index in [4.69, 9.17) is 16.3 Å². The molecule has 0 unspecified atom stereocenters. The van der Waals surface area contributed by atoms with Crippen molar-refractivity contribution in [3.8, 4) is 5.75 Å². The van der Waals surface area contributed by atoms with Crippen LogP contribution in [0.3, 0.4) is 0 Å². The first-order chi connectivity index (χ1) is 13.4. The van der Waals surface area contributed by atoms with Gasteiger partial charge in [-0.05, 0) is 64.4 Å². The number of carbonyl (C=O) groups is 1. The van der Waals surface area contributed by atoms with E-state index >= 15 is 0 Å². The highest BCUT2D eigenvalue weighted by molar-refractivity contribution is 6.32. The predicted molar refractivity (Wildman–Crippen MR) is 114 cm³/mol. The normalized spacial score (nSPS) is 19.6. The van der Waals surface area contributed by atoms with E-state index < -0.39 is 0 Å². The number of piperidine rings is 1. The van der Waals surface area contributed by atoms with E-state index in [-0.39, 0.29) is 12.0 Å². The molecule has 1 aromatic rings. The summed E-state index contributed by atoms with van der Waals surface area (Å²) in [5, 5.41) is 3.41.